The predicted octanol–water partition coefficient (Wildman–Crippen LogP) is 2.71. The van der Waals surface area contributed by atoms with E-state index in [1.807, 2.05) is 0 Å². The highest BCUT2D eigenvalue weighted by atomic mass is 79.9. The standard InChI is InChI=1S/C12H8BrN3O4/c13-9-3-1-2-8(6-9)12(17)15-14-7-10-4-5-11(20-10)16(18)19/h1-7H,(H,15,17)/b14-7+. The third-order valence-corrected chi connectivity index (χ3v) is 2.73. The van der Waals surface area contributed by atoms with Gasteiger partial charge < -0.3 is 4.42 Å². The van der Waals surface area contributed by atoms with Gasteiger partial charge in [0.25, 0.3) is 5.91 Å². The maximum absolute atomic E-state index is 11.7. The number of hydrogen-bond acceptors (Lipinski definition) is 5. The summed E-state index contributed by atoms with van der Waals surface area (Å²) in [5.41, 5.74) is 2.73. The van der Waals surface area contributed by atoms with Gasteiger partial charge in [-0.1, -0.05) is 22.0 Å². The molecule has 0 saturated heterocycles. The number of nitrogens with zero attached hydrogens (tertiary/aromatic N) is 2. The quantitative estimate of drug-likeness (QED) is 0.526. The monoisotopic (exact) mass is 337 g/mol. The fourth-order valence-electron chi connectivity index (χ4n) is 1.36. The molecule has 0 bridgehead atoms. The van der Waals surface area contributed by atoms with Crippen LogP contribution in [-0.2, 0) is 0 Å². The minimum absolute atomic E-state index is 0.172. The SMILES string of the molecule is O=C(N/N=C/c1ccc([N+](=O)[O-])o1)c1cccc(Br)c1. The molecule has 0 unspecified atom stereocenters. The van der Waals surface area contributed by atoms with Crippen LogP contribution in [0.1, 0.15) is 16.1 Å². The van der Waals surface area contributed by atoms with Gasteiger partial charge >= 0.3 is 5.88 Å². The predicted molar refractivity (Wildman–Crippen MR) is 74.6 cm³/mol. The van der Waals surface area contributed by atoms with Crippen molar-refractivity contribution in [1.29, 1.82) is 0 Å². The third-order valence-electron chi connectivity index (χ3n) is 2.24. The van der Waals surface area contributed by atoms with Crippen LogP contribution in [0.15, 0.2) is 50.4 Å². The molecule has 0 aliphatic rings. The molecule has 20 heavy (non-hydrogen) atoms. The molecule has 0 saturated carbocycles. The highest BCUT2D eigenvalue weighted by Crippen LogP contribution is 2.14. The van der Waals surface area contributed by atoms with E-state index in [-0.39, 0.29) is 11.6 Å². The molecular weight excluding hydrogens is 330 g/mol. The van der Waals surface area contributed by atoms with Crippen LogP contribution < -0.4 is 5.43 Å². The van der Waals surface area contributed by atoms with E-state index in [0.29, 0.717) is 5.56 Å². The normalized spacial score (nSPS) is 10.7. The van der Waals surface area contributed by atoms with Gasteiger partial charge in [-0.15, -0.1) is 0 Å². The number of hydrazone groups is 1. The molecule has 8 heteroatoms. The third kappa shape index (κ3) is 3.51. The molecule has 102 valence electrons. The minimum Gasteiger partial charge on any atom is -0.400 e. The Bertz CT molecular complexity index is 681. The van der Waals surface area contributed by atoms with Crippen molar-refractivity contribution < 1.29 is 14.1 Å². The Morgan fingerprint density at radius 3 is 2.85 bits per heavy atom. The number of furan rings is 1. The summed E-state index contributed by atoms with van der Waals surface area (Å²) < 4.78 is 5.62. The Labute approximate surface area is 121 Å². The van der Waals surface area contributed by atoms with Crippen LogP contribution in [0.3, 0.4) is 0 Å². The van der Waals surface area contributed by atoms with Gasteiger partial charge in [0.05, 0.1) is 12.3 Å². The van der Waals surface area contributed by atoms with Gasteiger partial charge in [0.1, 0.15) is 4.92 Å². The lowest BCUT2D eigenvalue weighted by molar-refractivity contribution is -0.402. The van der Waals surface area contributed by atoms with Gasteiger partial charge in [-0.2, -0.15) is 5.10 Å². The van der Waals surface area contributed by atoms with E-state index in [4.69, 9.17) is 4.42 Å². The van der Waals surface area contributed by atoms with Crippen molar-refractivity contribution in [3.8, 4) is 0 Å². The summed E-state index contributed by atoms with van der Waals surface area (Å²) in [6, 6.07) is 9.38. The van der Waals surface area contributed by atoms with Crippen molar-refractivity contribution in [1.82, 2.24) is 5.43 Å². The van der Waals surface area contributed by atoms with E-state index in [9.17, 15) is 14.9 Å². The van der Waals surface area contributed by atoms with E-state index in [1.54, 1.807) is 24.3 Å². The molecule has 1 amide bonds. The lowest BCUT2D eigenvalue weighted by Crippen LogP contribution is -2.17. The first-order valence-electron chi connectivity index (χ1n) is 5.39. The second-order valence-electron chi connectivity index (χ2n) is 3.64. The number of benzene rings is 1. The van der Waals surface area contributed by atoms with Crippen LogP contribution in [0.2, 0.25) is 0 Å². The zero-order chi connectivity index (χ0) is 14.5. The van der Waals surface area contributed by atoms with E-state index < -0.39 is 10.8 Å². The topological polar surface area (TPSA) is 97.7 Å². The molecule has 0 spiro atoms. The van der Waals surface area contributed by atoms with E-state index in [2.05, 4.69) is 26.5 Å². The Kier molecular flexibility index (Phi) is 4.26. The first-order valence-corrected chi connectivity index (χ1v) is 6.19. The number of hydrogen-bond donors (Lipinski definition) is 1. The zero-order valence-electron chi connectivity index (χ0n) is 9.95. The van der Waals surface area contributed by atoms with Crippen molar-refractivity contribution in [2.45, 2.75) is 0 Å². The van der Waals surface area contributed by atoms with Crippen molar-refractivity contribution in [2.75, 3.05) is 0 Å². The minimum atomic E-state index is -0.655. The molecule has 1 aromatic heterocycles. The lowest BCUT2D eigenvalue weighted by Gasteiger charge is -1.99. The van der Waals surface area contributed by atoms with Crippen LogP contribution >= 0.6 is 15.9 Å². The maximum atomic E-state index is 11.7. The zero-order valence-corrected chi connectivity index (χ0v) is 11.5. The molecule has 7 nitrogen and oxygen atoms in total. The summed E-state index contributed by atoms with van der Waals surface area (Å²) in [5, 5.41) is 14.1. The summed E-state index contributed by atoms with van der Waals surface area (Å²) in [5.74, 6) is -0.611. The van der Waals surface area contributed by atoms with Gasteiger partial charge in [0.15, 0.2) is 5.76 Å². The highest BCUT2D eigenvalue weighted by Gasteiger charge is 2.10. The van der Waals surface area contributed by atoms with Gasteiger partial charge in [0, 0.05) is 10.0 Å². The number of rotatable bonds is 4. The van der Waals surface area contributed by atoms with Crippen LogP contribution in [-0.4, -0.2) is 17.0 Å². The van der Waals surface area contributed by atoms with Crippen LogP contribution in [0.5, 0.6) is 0 Å². The fraction of sp³-hybridized carbons (Fsp3) is 0. The Morgan fingerprint density at radius 2 is 2.20 bits per heavy atom. The molecule has 0 aliphatic carbocycles. The Morgan fingerprint density at radius 1 is 1.40 bits per heavy atom. The number of carbonyl (C=O) groups is 1. The molecule has 0 radical (unpaired) electrons. The number of amides is 1. The molecular formula is C12H8BrN3O4. The Hall–Kier alpha value is -2.48. The molecule has 0 fully saturated rings. The van der Waals surface area contributed by atoms with Gasteiger partial charge in [-0.3, -0.25) is 14.9 Å². The molecule has 1 N–H and O–H groups in total. The number of nitrogens with one attached hydrogen (secondary N) is 1. The lowest BCUT2D eigenvalue weighted by atomic mass is 10.2. The Balaban J connectivity index is 1.99. The van der Waals surface area contributed by atoms with E-state index in [1.165, 1.54) is 18.3 Å². The summed E-state index contributed by atoms with van der Waals surface area (Å²) in [6.45, 7) is 0. The van der Waals surface area contributed by atoms with Crippen molar-refractivity contribution in [2.24, 2.45) is 5.10 Å². The summed E-state index contributed by atoms with van der Waals surface area (Å²) in [4.78, 5) is 21.5. The first kappa shape index (κ1) is 13.9. The molecule has 1 heterocycles. The molecule has 0 aliphatic heterocycles. The second kappa shape index (κ2) is 6.11. The largest absolute Gasteiger partial charge is 0.433 e. The summed E-state index contributed by atoms with van der Waals surface area (Å²) in [6.07, 6.45) is 1.18. The molecule has 0 atom stereocenters. The smallest absolute Gasteiger partial charge is 0.400 e. The van der Waals surface area contributed by atoms with Crippen molar-refractivity contribution in [3.05, 3.63) is 62.3 Å². The maximum Gasteiger partial charge on any atom is 0.433 e. The first-order chi connectivity index (χ1) is 9.56. The molecule has 1 aromatic carbocycles. The van der Waals surface area contributed by atoms with E-state index >= 15 is 0 Å². The second-order valence-corrected chi connectivity index (χ2v) is 4.56. The van der Waals surface area contributed by atoms with E-state index in [0.717, 1.165) is 4.47 Å². The van der Waals surface area contributed by atoms with Crippen molar-refractivity contribution in [3.63, 3.8) is 0 Å². The van der Waals surface area contributed by atoms with Crippen LogP contribution in [0, 0.1) is 10.1 Å². The highest BCUT2D eigenvalue weighted by molar-refractivity contribution is 9.10. The fourth-order valence-corrected chi connectivity index (χ4v) is 1.76. The number of nitro groups is 1. The average molecular weight is 338 g/mol. The van der Waals surface area contributed by atoms with Crippen LogP contribution in [0.25, 0.3) is 0 Å². The summed E-state index contributed by atoms with van der Waals surface area (Å²) in [7, 11) is 0. The molecule has 2 rings (SSSR count). The van der Waals surface area contributed by atoms with Crippen molar-refractivity contribution >= 4 is 33.9 Å². The van der Waals surface area contributed by atoms with Gasteiger partial charge in [-0.05, 0) is 24.3 Å². The average Bonchev–Trinajstić information content (AvgIpc) is 2.87. The van der Waals surface area contributed by atoms with Crippen LogP contribution in [0.4, 0.5) is 5.88 Å². The molecule has 2 aromatic rings. The number of halogens is 1. The number of carbonyl (C=O) groups excluding carboxylic acids is 1. The summed E-state index contributed by atoms with van der Waals surface area (Å²) >= 11 is 3.25. The van der Waals surface area contributed by atoms with Gasteiger partial charge in [0.2, 0.25) is 0 Å². The van der Waals surface area contributed by atoms with Gasteiger partial charge in [-0.25, -0.2) is 5.43 Å².